The Kier molecular flexibility index (Phi) is 3.42. The predicted molar refractivity (Wildman–Crippen MR) is 83.8 cm³/mol. The fraction of sp³-hybridized carbons (Fsp3) is 0.0667. The number of benzene rings is 1. The second-order valence-electron chi connectivity index (χ2n) is 4.80. The summed E-state index contributed by atoms with van der Waals surface area (Å²) >= 11 is 0. The van der Waals surface area contributed by atoms with Gasteiger partial charge in [-0.15, -0.1) is 0 Å². The lowest BCUT2D eigenvalue weighted by atomic mass is 10.2. The molecule has 7 heteroatoms. The number of aryl methyl sites for hydroxylation is 1. The van der Waals surface area contributed by atoms with Crippen LogP contribution in [-0.2, 0) is 7.05 Å². The lowest BCUT2D eigenvalue weighted by Gasteiger charge is -2.06. The van der Waals surface area contributed by atoms with Gasteiger partial charge in [0.2, 0.25) is 5.82 Å². The van der Waals surface area contributed by atoms with Crippen LogP contribution in [0.5, 0.6) is 0 Å². The number of diazo groups is 1. The molecular formula is C15H13N6O+. The molecule has 2 heterocycles. The molecule has 1 aromatic carbocycles. The average Bonchev–Trinajstić information content (AvgIpc) is 2.89. The van der Waals surface area contributed by atoms with Crippen LogP contribution < -0.4 is 10.7 Å². The molecule has 0 aliphatic carbocycles. The van der Waals surface area contributed by atoms with Crippen LogP contribution in [-0.4, -0.2) is 15.5 Å². The lowest BCUT2D eigenvalue weighted by Crippen LogP contribution is -2.12. The van der Waals surface area contributed by atoms with E-state index < -0.39 is 0 Å². The van der Waals surface area contributed by atoms with Crippen LogP contribution in [0.2, 0.25) is 0 Å². The van der Waals surface area contributed by atoms with Gasteiger partial charge >= 0.3 is 5.08 Å². The Morgan fingerprint density at radius 1 is 1.27 bits per heavy atom. The minimum atomic E-state index is -0.267. The highest BCUT2D eigenvalue weighted by Gasteiger charge is 2.10. The van der Waals surface area contributed by atoms with Crippen LogP contribution in [0.4, 0.5) is 11.5 Å². The van der Waals surface area contributed by atoms with E-state index in [1.54, 1.807) is 6.07 Å². The number of anilines is 2. The van der Waals surface area contributed by atoms with Crippen molar-refractivity contribution in [2.75, 3.05) is 10.7 Å². The molecule has 3 rings (SSSR count). The predicted octanol–water partition coefficient (Wildman–Crippen LogP) is 3.01. The number of fused-ring (bicyclic) bond motifs is 1. The highest BCUT2D eigenvalue weighted by atomic mass is 16.1. The molecule has 2 N–H and O–H groups in total. The van der Waals surface area contributed by atoms with Gasteiger partial charge in [0.15, 0.2) is 0 Å². The quantitative estimate of drug-likeness (QED) is 0.574. The van der Waals surface area contributed by atoms with E-state index in [4.69, 9.17) is 5.39 Å². The third kappa shape index (κ3) is 2.58. The summed E-state index contributed by atoms with van der Waals surface area (Å²) in [4.78, 5) is 16.2. The van der Waals surface area contributed by atoms with Crippen molar-refractivity contribution in [3.8, 4) is 0 Å². The normalized spacial score (nSPS) is 10.2. The van der Waals surface area contributed by atoms with Gasteiger partial charge < -0.3 is 9.88 Å². The number of carbonyl (C=O) groups excluding carboxylic acids is 1. The first-order valence-electron chi connectivity index (χ1n) is 6.60. The summed E-state index contributed by atoms with van der Waals surface area (Å²) in [6.07, 6.45) is 3.43. The Hall–Kier alpha value is -3.40. The maximum absolute atomic E-state index is 12.3. The van der Waals surface area contributed by atoms with E-state index in [1.165, 1.54) is 12.3 Å². The highest BCUT2D eigenvalue weighted by Crippen LogP contribution is 2.20. The standard InChI is InChI=1S/C15H12N6O/c1-21-7-5-10-2-3-12(9-13(10)21)18-15(22)11-4-6-17-14(8-11)19-20-16/h2-9H,1H3,(H-,17,18,19,22)/p+1. The molecule has 0 unspecified atom stereocenters. The van der Waals surface area contributed by atoms with E-state index >= 15 is 0 Å². The molecule has 2 aromatic heterocycles. The maximum Gasteiger partial charge on any atom is 0.309 e. The van der Waals surface area contributed by atoms with Crippen molar-refractivity contribution < 1.29 is 4.79 Å². The number of rotatable bonds is 3. The third-order valence-electron chi connectivity index (χ3n) is 3.33. The van der Waals surface area contributed by atoms with E-state index in [0.29, 0.717) is 11.3 Å². The molecule has 108 valence electrons. The molecule has 0 aliphatic heterocycles. The number of aromatic nitrogens is 2. The molecule has 0 saturated heterocycles. The Balaban J connectivity index is 1.84. The van der Waals surface area contributed by atoms with Crippen molar-refractivity contribution in [1.29, 1.82) is 5.39 Å². The molecular weight excluding hydrogens is 280 g/mol. The number of nitrogens with zero attached hydrogens (tertiary/aromatic N) is 4. The zero-order valence-electron chi connectivity index (χ0n) is 11.8. The van der Waals surface area contributed by atoms with Crippen molar-refractivity contribution in [2.24, 2.45) is 7.05 Å². The van der Waals surface area contributed by atoms with Gasteiger partial charge in [0.25, 0.3) is 11.3 Å². The maximum atomic E-state index is 12.3. The van der Waals surface area contributed by atoms with Crippen molar-refractivity contribution >= 4 is 28.3 Å². The first-order valence-corrected chi connectivity index (χ1v) is 6.60. The summed E-state index contributed by atoms with van der Waals surface area (Å²) in [5, 5.41) is 15.2. The number of pyridine rings is 1. The van der Waals surface area contributed by atoms with Crippen LogP contribution in [0.15, 0.2) is 48.8 Å². The highest BCUT2D eigenvalue weighted by molar-refractivity contribution is 6.05. The molecule has 1 amide bonds. The fourth-order valence-corrected chi connectivity index (χ4v) is 2.23. The molecule has 22 heavy (non-hydrogen) atoms. The molecule has 0 fully saturated rings. The summed E-state index contributed by atoms with van der Waals surface area (Å²) < 4.78 is 1.99. The van der Waals surface area contributed by atoms with E-state index in [2.05, 4.69) is 20.8 Å². The van der Waals surface area contributed by atoms with Gasteiger partial charge in [0.05, 0.1) is 0 Å². The Morgan fingerprint density at radius 2 is 2.14 bits per heavy atom. The fourth-order valence-electron chi connectivity index (χ4n) is 2.23. The van der Waals surface area contributed by atoms with Crippen LogP contribution >= 0.6 is 0 Å². The minimum Gasteiger partial charge on any atom is -0.350 e. The number of hydrogen-bond acceptors (Lipinski definition) is 4. The van der Waals surface area contributed by atoms with Crippen molar-refractivity contribution in [2.45, 2.75) is 0 Å². The Bertz CT molecular complexity index is 892. The number of hydrogen-bond donors (Lipinski definition) is 2. The largest absolute Gasteiger partial charge is 0.350 e. The van der Waals surface area contributed by atoms with Gasteiger partial charge in [0.1, 0.15) is 0 Å². The van der Waals surface area contributed by atoms with Crippen molar-refractivity contribution in [3.05, 3.63) is 59.4 Å². The smallest absolute Gasteiger partial charge is 0.309 e. The molecule has 3 aromatic rings. The monoisotopic (exact) mass is 293 g/mol. The van der Waals surface area contributed by atoms with Gasteiger partial charge in [-0.25, -0.2) is 4.98 Å². The summed E-state index contributed by atoms with van der Waals surface area (Å²) in [5.74, 6) is 0.0185. The van der Waals surface area contributed by atoms with Gasteiger partial charge in [-0.05, 0) is 29.7 Å². The molecule has 0 bridgehead atoms. The zero-order chi connectivity index (χ0) is 15.5. The molecule has 0 spiro atoms. The van der Waals surface area contributed by atoms with E-state index in [0.717, 1.165) is 10.9 Å². The summed E-state index contributed by atoms with van der Waals surface area (Å²) in [5.41, 5.74) is 4.43. The second-order valence-corrected chi connectivity index (χ2v) is 4.80. The number of carbonyl (C=O) groups is 1. The van der Waals surface area contributed by atoms with Crippen LogP contribution in [0.1, 0.15) is 10.4 Å². The van der Waals surface area contributed by atoms with Gasteiger partial charge in [0, 0.05) is 47.7 Å². The van der Waals surface area contributed by atoms with Gasteiger partial charge in [-0.2, -0.15) is 0 Å². The first kappa shape index (κ1) is 13.6. The second kappa shape index (κ2) is 5.54. The summed E-state index contributed by atoms with van der Waals surface area (Å²) in [7, 11) is 1.95. The molecule has 0 aliphatic rings. The van der Waals surface area contributed by atoms with Crippen LogP contribution in [0, 0.1) is 5.39 Å². The molecule has 7 nitrogen and oxygen atoms in total. The Labute approximate surface area is 126 Å². The van der Waals surface area contributed by atoms with Gasteiger partial charge in [-0.3, -0.25) is 4.79 Å². The van der Waals surface area contributed by atoms with Crippen molar-refractivity contribution in [3.63, 3.8) is 0 Å². The molecule has 0 saturated carbocycles. The van der Waals surface area contributed by atoms with Crippen LogP contribution in [0.25, 0.3) is 16.0 Å². The summed E-state index contributed by atoms with van der Waals surface area (Å²) in [6, 6.07) is 10.8. The van der Waals surface area contributed by atoms with Crippen LogP contribution in [0.3, 0.4) is 0 Å². The van der Waals surface area contributed by atoms with E-state index in [9.17, 15) is 4.79 Å². The zero-order valence-corrected chi connectivity index (χ0v) is 11.8. The third-order valence-corrected chi connectivity index (χ3v) is 3.33. The SMILES string of the molecule is Cn1ccc2ccc(NC(=O)c3ccnc(N[N+]#N)c3)cc21. The molecule has 0 atom stereocenters. The average molecular weight is 293 g/mol. The first-order chi connectivity index (χ1) is 10.7. The van der Waals surface area contributed by atoms with E-state index in [-0.39, 0.29) is 11.7 Å². The topological polar surface area (TPSA) is 87.1 Å². The lowest BCUT2D eigenvalue weighted by molar-refractivity contribution is 0.102. The summed E-state index contributed by atoms with van der Waals surface area (Å²) in [6.45, 7) is 0. The number of nitrogens with one attached hydrogen (secondary N) is 2. The molecule has 0 radical (unpaired) electrons. The minimum absolute atomic E-state index is 0.267. The van der Waals surface area contributed by atoms with Crippen molar-refractivity contribution in [1.82, 2.24) is 9.55 Å². The Morgan fingerprint density at radius 3 is 2.95 bits per heavy atom. The van der Waals surface area contributed by atoms with E-state index in [1.807, 2.05) is 42.1 Å². The van der Waals surface area contributed by atoms with Gasteiger partial charge in [-0.1, -0.05) is 6.07 Å². The number of amides is 1.